The molecule has 0 aromatic rings. The third-order valence-corrected chi connectivity index (χ3v) is 2.41. The van der Waals surface area contributed by atoms with Gasteiger partial charge in [-0.1, -0.05) is 20.3 Å². The molecule has 0 aromatic heterocycles. The lowest BCUT2D eigenvalue weighted by atomic mass is 10.1. The molecule has 0 heterocycles. The Morgan fingerprint density at radius 1 is 1.78 bits per heavy atom. The minimum absolute atomic E-state index is 0.523. The first-order valence-corrected chi connectivity index (χ1v) is 3.75. The fraction of sp³-hybridized carbons (Fsp3) is 0.778. The van der Waals surface area contributed by atoms with Gasteiger partial charge in [0.2, 0.25) is 0 Å². The zero-order valence-electron chi connectivity index (χ0n) is 6.22. The van der Waals surface area contributed by atoms with Gasteiger partial charge < -0.3 is 0 Å². The van der Waals surface area contributed by atoms with Crippen LogP contribution in [0.5, 0.6) is 0 Å². The van der Waals surface area contributed by atoms with E-state index in [0.717, 1.165) is 11.8 Å². The second kappa shape index (κ2) is 2.43. The number of hydrogen-bond acceptors (Lipinski definition) is 0. The molecular weight excluding hydrogens is 108 g/mol. The molecule has 0 N–H and O–H groups in total. The second-order valence-electron chi connectivity index (χ2n) is 3.02. The molecule has 50 valence electrons. The summed E-state index contributed by atoms with van der Waals surface area (Å²) in [4.78, 5) is 0. The molecule has 0 heteroatoms. The maximum absolute atomic E-state index is 5.28. The standard InChI is InChI=1S/C9H14/c1-4-7(3)9-6-8(9)5-2/h1,7-9H,5-6H2,2-3H3. The molecule has 0 amide bonds. The summed E-state index contributed by atoms with van der Waals surface area (Å²) in [5, 5.41) is 0. The van der Waals surface area contributed by atoms with Crippen LogP contribution >= 0.6 is 0 Å². The van der Waals surface area contributed by atoms with Crippen LogP contribution in [-0.2, 0) is 0 Å². The fourth-order valence-corrected chi connectivity index (χ4v) is 1.48. The third kappa shape index (κ3) is 1.27. The van der Waals surface area contributed by atoms with Gasteiger partial charge in [0.25, 0.3) is 0 Å². The van der Waals surface area contributed by atoms with Crippen LogP contribution in [0.2, 0.25) is 0 Å². The Hall–Kier alpha value is -0.440. The van der Waals surface area contributed by atoms with Gasteiger partial charge in [-0.15, -0.1) is 12.3 Å². The van der Waals surface area contributed by atoms with Crippen molar-refractivity contribution in [1.29, 1.82) is 0 Å². The van der Waals surface area contributed by atoms with Crippen molar-refractivity contribution in [2.24, 2.45) is 17.8 Å². The van der Waals surface area contributed by atoms with Gasteiger partial charge in [0, 0.05) is 5.92 Å². The Kier molecular flexibility index (Phi) is 1.81. The quantitative estimate of drug-likeness (QED) is 0.493. The summed E-state index contributed by atoms with van der Waals surface area (Å²) in [6.07, 6.45) is 7.97. The van der Waals surface area contributed by atoms with Crippen LogP contribution in [0, 0.1) is 30.1 Å². The molecule has 0 bridgehead atoms. The summed E-state index contributed by atoms with van der Waals surface area (Å²) >= 11 is 0. The highest BCUT2D eigenvalue weighted by atomic mass is 14.4. The fourth-order valence-electron chi connectivity index (χ4n) is 1.48. The van der Waals surface area contributed by atoms with E-state index in [1.807, 2.05) is 0 Å². The largest absolute Gasteiger partial charge is 0.120 e. The maximum atomic E-state index is 5.28. The van der Waals surface area contributed by atoms with E-state index in [0.29, 0.717) is 5.92 Å². The van der Waals surface area contributed by atoms with Crippen molar-refractivity contribution in [1.82, 2.24) is 0 Å². The first-order chi connectivity index (χ1) is 4.29. The monoisotopic (exact) mass is 122 g/mol. The predicted molar refractivity (Wildman–Crippen MR) is 39.9 cm³/mol. The molecule has 0 spiro atoms. The number of terminal acetylenes is 1. The molecule has 0 nitrogen and oxygen atoms in total. The van der Waals surface area contributed by atoms with Crippen LogP contribution < -0.4 is 0 Å². The first-order valence-electron chi connectivity index (χ1n) is 3.75. The zero-order valence-corrected chi connectivity index (χ0v) is 6.22. The predicted octanol–water partition coefficient (Wildman–Crippen LogP) is 2.30. The SMILES string of the molecule is C#CC(C)C1CC1CC. The molecular formula is C9H14. The summed E-state index contributed by atoms with van der Waals surface area (Å²) in [6.45, 7) is 4.40. The molecule has 3 unspecified atom stereocenters. The van der Waals surface area contributed by atoms with Crippen molar-refractivity contribution in [3.05, 3.63) is 0 Å². The van der Waals surface area contributed by atoms with Gasteiger partial charge in [0.15, 0.2) is 0 Å². The van der Waals surface area contributed by atoms with E-state index in [1.165, 1.54) is 12.8 Å². The van der Waals surface area contributed by atoms with Gasteiger partial charge in [-0.3, -0.25) is 0 Å². The van der Waals surface area contributed by atoms with E-state index in [4.69, 9.17) is 6.42 Å². The Balaban J connectivity index is 2.27. The Labute approximate surface area is 57.7 Å². The average Bonchev–Trinajstić information content (AvgIpc) is 2.64. The Morgan fingerprint density at radius 3 is 2.78 bits per heavy atom. The van der Waals surface area contributed by atoms with Gasteiger partial charge >= 0.3 is 0 Å². The molecule has 0 saturated heterocycles. The zero-order chi connectivity index (χ0) is 6.85. The average molecular weight is 122 g/mol. The highest BCUT2D eigenvalue weighted by Gasteiger charge is 2.38. The van der Waals surface area contributed by atoms with E-state index in [9.17, 15) is 0 Å². The lowest BCUT2D eigenvalue weighted by Crippen LogP contribution is -1.93. The summed E-state index contributed by atoms with van der Waals surface area (Å²) in [6, 6.07) is 0. The van der Waals surface area contributed by atoms with Gasteiger partial charge in [0.05, 0.1) is 0 Å². The molecule has 0 aromatic carbocycles. The molecule has 1 aliphatic rings. The van der Waals surface area contributed by atoms with Crippen LogP contribution in [0.25, 0.3) is 0 Å². The van der Waals surface area contributed by atoms with Gasteiger partial charge in [0.1, 0.15) is 0 Å². The molecule has 1 fully saturated rings. The van der Waals surface area contributed by atoms with Crippen LogP contribution in [0.3, 0.4) is 0 Å². The highest BCUT2D eigenvalue weighted by molar-refractivity contribution is 5.02. The summed E-state index contributed by atoms with van der Waals surface area (Å²) in [7, 11) is 0. The molecule has 3 atom stereocenters. The van der Waals surface area contributed by atoms with E-state index in [-0.39, 0.29) is 0 Å². The van der Waals surface area contributed by atoms with Gasteiger partial charge in [-0.25, -0.2) is 0 Å². The molecule has 1 aliphatic carbocycles. The normalized spacial score (nSPS) is 35.2. The minimum Gasteiger partial charge on any atom is -0.120 e. The molecule has 1 saturated carbocycles. The Morgan fingerprint density at radius 2 is 2.44 bits per heavy atom. The van der Waals surface area contributed by atoms with Crippen molar-refractivity contribution in [3.63, 3.8) is 0 Å². The summed E-state index contributed by atoms with van der Waals surface area (Å²) in [5.74, 6) is 5.13. The van der Waals surface area contributed by atoms with E-state index < -0.39 is 0 Å². The smallest absolute Gasteiger partial charge is 0.0202 e. The van der Waals surface area contributed by atoms with Crippen molar-refractivity contribution >= 4 is 0 Å². The van der Waals surface area contributed by atoms with Crippen LogP contribution in [0.15, 0.2) is 0 Å². The van der Waals surface area contributed by atoms with E-state index in [1.54, 1.807) is 0 Å². The van der Waals surface area contributed by atoms with Crippen molar-refractivity contribution in [2.75, 3.05) is 0 Å². The number of rotatable bonds is 2. The van der Waals surface area contributed by atoms with Crippen molar-refractivity contribution < 1.29 is 0 Å². The van der Waals surface area contributed by atoms with Gasteiger partial charge in [-0.2, -0.15) is 0 Å². The van der Waals surface area contributed by atoms with Gasteiger partial charge in [-0.05, 0) is 18.3 Å². The highest BCUT2D eigenvalue weighted by Crippen LogP contribution is 2.45. The molecule has 9 heavy (non-hydrogen) atoms. The summed E-state index contributed by atoms with van der Waals surface area (Å²) < 4.78 is 0. The molecule has 0 radical (unpaired) electrons. The topological polar surface area (TPSA) is 0 Å². The van der Waals surface area contributed by atoms with Crippen molar-refractivity contribution in [2.45, 2.75) is 26.7 Å². The lowest BCUT2D eigenvalue weighted by Gasteiger charge is -1.98. The van der Waals surface area contributed by atoms with Crippen molar-refractivity contribution in [3.8, 4) is 12.3 Å². The van der Waals surface area contributed by atoms with Crippen LogP contribution in [0.4, 0.5) is 0 Å². The van der Waals surface area contributed by atoms with E-state index >= 15 is 0 Å². The van der Waals surface area contributed by atoms with E-state index in [2.05, 4.69) is 19.8 Å². The first kappa shape index (κ1) is 6.68. The maximum Gasteiger partial charge on any atom is 0.0202 e. The van der Waals surface area contributed by atoms with Crippen LogP contribution in [0.1, 0.15) is 26.7 Å². The molecule has 0 aliphatic heterocycles. The van der Waals surface area contributed by atoms with Crippen LogP contribution in [-0.4, -0.2) is 0 Å². The third-order valence-electron chi connectivity index (χ3n) is 2.41. The minimum atomic E-state index is 0.523. The Bertz CT molecular complexity index is 129. The molecule has 1 rings (SSSR count). The second-order valence-corrected chi connectivity index (χ2v) is 3.02. The summed E-state index contributed by atoms with van der Waals surface area (Å²) in [5.41, 5.74) is 0. The number of hydrogen-bond donors (Lipinski definition) is 0. The lowest BCUT2D eigenvalue weighted by molar-refractivity contribution is 0.576.